The van der Waals surface area contributed by atoms with Crippen LogP contribution in [0.4, 0.5) is 0 Å². The van der Waals surface area contributed by atoms with E-state index in [1.54, 1.807) is 0 Å². The number of amides is 1. The average Bonchev–Trinajstić information content (AvgIpc) is 3.21. The quantitative estimate of drug-likeness (QED) is 0.839. The largest absolute Gasteiger partial charge is 0.492 e. The van der Waals surface area contributed by atoms with Crippen LogP contribution in [0.2, 0.25) is 0 Å². The van der Waals surface area contributed by atoms with Gasteiger partial charge in [-0.15, -0.1) is 0 Å². The minimum Gasteiger partial charge on any atom is -0.492 e. The van der Waals surface area contributed by atoms with Gasteiger partial charge < -0.3 is 14.2 Å². The first kappa shape index (κ1) is 16.3. The second-order valence-electron chi connectivity index (χ2n) is 6.94. The second-order valence-corrected chi connectivity index (χ2v) is 7.32. The van der Waals surface area contributed by atoms with E-state index in [1.165, 1.54) is 0 Å². The Morgan fingerprint density at radius 1 is 1.44 bits per heavy atom. The molecule has 7 heteroatoms. The van der Waals surface area contributed by atoms with Gasteiger partial charge in [-0.1, -0.05) is 6.07 Å². The van der Waals surface area contributed by atoms with Crippen LogP contribution in [0, 0.1) is 11.7 Å². The third kappa shape index (κ3) is 2.86. The van der Waals surface area contributed by atoms with E-state index in [0.29, 0.717) is 23.5 Å². The molecule has 6 nitrogen and oxygen atoms in total. The van der Waals surface area contributed by atoms with Gasteiger partial charge in [0.25, 0.3) is 5.91 Å². The Morgan fingerprint density at radius 2 is 2.28 bits per heavy atom. The molecule has 1 amide bonds. The number of aromatic amines is 1. The summed E-state index contributed by atoms with van der Waals surface area (Å²) in [6.07, 6.45) is 2.86. The van der Waals surface area contributed by atoms with Gasteiger partial charge in [0, 0.05) is 32.5 Å². The number of piperidine rings is 1. The first-order valence-electron chi connectivity index (χ1n) is 8.71. The first-order valence-corrected chi connectivity index (χ1v) is 9.12. The van der Waals surface area contributed by atoms with Crippen molar-refractivity contribution < 1.29 is 9.53 Å². The molecule has 0 radical (unpaired) electrons. The molecular formula is C18H22N4O2S. The minimum absolute atomic E-state index is 0.0586. The van der Waals surface area contributed by atoms with E-state index < -0.39 is 0 Å². The monoisotopic (exact) mass is 358 g/mol. The van der Waals surface area contributed by atoms with Crippen LogP contribution in [-0.4, -0.2) is 45.3 Å². The van der Waals surface area contributed by atoms with E-state index in [-0.39, 0.29) is 11.8 Å². The summed E-state index contributed by atoms with van der Waals surface area (Å²) in [4.78, 5) is 15.1. The highest BCUT2D eigenvalue weighted by Crippen LogP contribution is 2.33. The molecule has 1 aromatic carbocycles. The molecule has 1 aromatic heterocycles. The number of hydrogen-bond acceptors (Lipinski definition) is 4. The van der Waals surface area contributed by atoms with Crippen LogP contribution >= 0.6 is 12.2 Å². The molecule has 1 atom stereocenters. The lowest BCUT2D eigenvalue weighted by Gasteiger charge is -2.32. The normalized spacial score (nSPS) is 19.6. The number of benzene rings is 1. The molecule has 2 aliphatic rings. The second kappa shape index (κ2) is 6.29. The summed E-state index contributed by atoms with van der Waals surface area (Å²) in [5, 5.41) is 7.20. The van der Waals surface area contributed by atoms with E-state index in [0.717, 1.165) is 48.5 Å². The highest BCUT2D eigenvalue weighted by molar-refractivity contribution is 7.71. The maximum absolute atomic E-state index is 13.2. The first-order chi connectivity index (χ1) is 12.0. The Kier molecular flexibility index (Phi) is 4.11. The van der Waals surface area contributed by atoms with Crippen molar-refractivity contribution in [3.8, 4) is 5.75 Å². The molecule has 132 valence electrons. The lowest BCUT2D eigenvalue weighted by Crippen LogP contribution is -2.39. The third-order valence-corrected chi connectivity index (χ3v) is 5.51. The van der Waals surface area contributed by atoms with Crippen LogP contribution in [0.5, 0.6) is 5.75 Å². The fraction of sp³-hybridized carbons (Fsp3) is 0.500. The van der Waals surface area contributed by atoms with Crippen LogP contribution in [0.15, 0.2) is 12.1 Å². The standard InChI is InChI=1S/C18H22N4O2S/c1-11-8-12-5-7-24-15(12)14(9-11)17(23)22-6-3-4-13(10-22)16-19-20-18(25)21(16)2/h8-9,13H,3-7,10H2,1-2H3,(H,20,25). The number of carbonyl (C=O) groups excluding carboxylic acids is 1. The number of carbonyl (C=O) groups is 1. The van der Waals surface area contributed by atoms with Gasteiger partial charge >= 0.3 is 0 Å². The van der Waals surface area contributed by atoms with E-state index in [2.05, 4.69) is 16.3 Å². The van der Waals surface area contributed by atoms with Crippen molar-refractivity contribution in [1.29, 1.82) is 0 Å². The molecule has 2 aromatic rings. The summed E-state index contributed by atoms with van der Waals surface area (Å²) in [6.45, 7) is 4.12. The van der Waals surface area contributed by atoms with Gasteiger partial charge in [0.05, 0.1) is 12.2 Å². The van der Waals surface area contributed by atoms with Gasteiger partial charge in [0.2, 0.25) is 0 Å². The smallest absolute Gasteiger partial charge is 0.257 e. The zero-order valence-electron chi connectivity index (χ0n) is 14.5. The summed E-state index contributed by atoms with van der Waals surface area (Å²) in [7, 11) is 1.92. The van der Waals surface area contributed by atoms with Crippen molar-refractivity contribution in [2.24, 2.45) is 7.05 Å². The number of fused-ring (bicyclic) bond motifs is 1. The van der Waals surface area contributed by atoms with Gasteiger partial charge in [-0.3, -0.25) is 9.89 Å². The van der Waals surface area contributed by atoms with E-state index in [9.17, 15) is 4.79 Å². The van der Waals surface area contributed by atoms with Crippen molar-refractivity contribution in [3.63, 3.8) is 0 Å². The minimum atomic E-state index is 0.0586. The molecular weight excluding hydrogens is 336 g/mol. The number of ether oxygens (including phenoxy) is 1. The Labute approximate surface area is 151 Å². The van der Waals surface area contributed by atoms with Gasteiger partial charge in [-0.05, 0) is 49.2 Å². The topological polar surface area (TPSA) is 63.2 Å². The maximum atomic E-state index is 13.2. The van der Waals surface area contributed by atoms with Crippen molar-refractivity contribution in [1.82, 2.24) is 19.7 Å². The zero-order valence-corrected chi connectivity index (χ0v) is 15.4. The molecule has 1 N–H and O–H groups in total. The number of rotatable bonds is 2. The fourth-order valence-electron chi connectivity index (χ4n) is 3.89. The Morgan fingerprint density at radius 3 is 3.04 bits per heavy atom. The third-order valence-electron chi connectivity index (χ3n) is 5.15. The number of aryl methyl sites for hydroxylation is 1. The van der Waals surface area contributed by atoms with Crippen molar-refractivity contribution in [2.75, 3.05) is 19.7 Å². The van der Waals surface area contributed by atoms with Crippen molar-refractivity contribution >= 4 is 18.1 Å². The number of nitrogens with zero attached hydrogens (tertiary/aromatic N) is 3. The Hall–Kier alpha value is -2.15. The van der Waals surface area contributed by atoms with E-state index in [4.69, 9.17) is 17.0 Å². The SMILES string of the molecule is Cc1cc2c(c(C(=O)N3CCCC(c4n[nH]c(=S)n4C)C3)c1)OCC2. The van der Waals surface area contributed by atoms with Crippen LogP contribution in [0.1, 0.15) is 46.1 Å². The average molecular weight is 358 g/mol. The molecule has 25 heavy (non-hydrogen) atoms. The lowest BCUT2D eigenvalue weighted by atomic mass is 9.95. The molecule has 2 aliphatic heterocycles. The molecule has 1 saturated heterocycles. The summed E-state index contributed by atoms with van der Waals surface area (Å²) >= 11 is 5.22. The Balaban J connectivity index is 1.61. The molecule has 0 bridgehead atoms. The van der Waals surface area contributed by atoms with Gasteiger partial charge in [0.1, 0.15) is 11.6 Å². The van der Waals surface area contributed by atoms with Crippen LogP contribution in [0.25, 0.3) is 0 Å². The number of nitrogens with one attached hydrogen (secondary N) is 1. The molecule has 1 fully saturated rings. The van der Waals surface area contributed by atoms with Gasteiger partial charge in [-0.25, -0.2) is 0 Å². The highest BCUT2D eigenvalue weighted by Gasteiger charge is 2.31. The summed E-state index contributed by atoms with van der Waals surface area (Å²) < 4.78 is 8.27. The number of aromatic nitrogens is 3. The number of likely N-dealkylation sites (tertiary alicyclic amines) is 1. The lowest BCUT2D eigenvalue weighted by molar-refractivity contribution is 0.0700. The molecule has 0 saturated carbocycles. The summed E-state index contributed by atoms with van der Waals surface area (Å²) in [6, 6.07) is 4.07. The molecule has 0 aliphatic carbocycles. The predicted octanol–water partition coefficient (Wildman–Crippen LogP) is 2.74. The summed E-state index contributed by atoms with van der Waals surface area (Å²) in [5.41, 5.74) is 2.95. The van der Waals surface area contributed by atoms with Crippen LogP contribution < -0.4 is 4.74 Å². The number of H-pyrrole nitrogens is 1. The van der Waals surface area contributed by atoms with Crippen LogP contribution in [0.3, 0.4) is 0 Å². The number of hydrogen-bond donors (Lipinski definition) is 1. The van der Waals surface area contributed by atoms with Crippen molar-refractivity contribution in [3.05, 3.63) is 39.4 Å². The van der Waals surface area contributed by atoms with Gasteiger partial charge in [-0.2, -0.15) is 5.10 Å². The predicted molar refractivity (Wildman–Crippen MR) is 96.6 cm³/mol. The Bertz CT molecular complexity index is 886. The molecule has 0 spiro atoms. The highest BCUT2D eigenvalue weighted by atomic mass is 32.1. The molecule has 4 rings (SSSR count). The van der Waals surface area contributed by atoms with Gasteiger partial charge in [0.15, 0.2) is 4.77 Å². The van der Waals surface area contributed by atoms with Crippen LogP contribution in [-0.2, 0) is 13.5 Å². The molecule has 3 heterocycles. The van der Waals surface area contributed by atoms with E-state index >= 15 is 0 Å². The maximum Gasteiger partial charge on any atom is 0.257 e. The summed E-state index contributed by atoms with van der Waals surface area (Å²) in [5.74, 6) is 1.96. The zero-order chi connectivity index (χ0) is 17.6. The fourth-order valence-corrected chi connectivity index (χ4v) is 4.03. The van der Waals surface area contributed by atoms with Crippen molar-refractivity contribution in [2.45, 2.75) is 32.1 Å². The van der Waals surface area contributed by atoms with E-state index in [1.807, 2.05) is 29.5 Å². The molecule has 1 unspecified atom stereocenters.